The predicted octanol–water partition coefficient (Wildman–Crippen LogP) is 3.46. The average molecular weight is 410 g/mol. The molecule has 28 heavy (non-hydrogen) atoms. The van der Waals surface area contributed by atoms with Crippen LogP contribution in [0, 0.1) is 24.0 Å². The van der Waals surface area contributed by atoms with E-state index in [-0.39, 0.29) is 24.5 Å². The smallest absolute Gasteiger partial charge is 0.308 e. The van der Waals surface area contributed by atoms with Crippen LogP contribution in [0.2, 0.25) is 0 Å². The van der Waals surface area contributed by atoms with Gasteiger partial charge in [-0.3, -0.25) is 0 Å². The molecule has 2 aromatic rings. The van der Waals surface area contributed by atoms with E-state index in [1.165, 1.54) is 18.2 Å². The van der Waals surface area contributed by atoms with E-state index in [0.29, 0.717) is 35.0 Å². The maximum Gasteiger partial charge on any atom is 0.308 e. The van der Waals surface area contributed by atoms with Crippen LogP contribution < -0.4 is 9.62 Å². The van der Waals surface area contributed by atoms with Crippen LogP contribution in [0.25, 0.3) is 4.85 Å². The lowest BCUT2D eigenvalue weighted by molar-refractivity contribution is 0.391. The zero-order chi connectivity index (χ0) is 20.5. The summed E-state index contributed by atoms with van der Waals surface area (Å²) in [7, 11) is -2.61. The van der Waals surface area contributed by atoms with Gasteiger partial charge in [-0.2, -0.15) is 12.7 Å². The standard InChI is InChI=1S/C18H17F3N4O2S/c1-22-6-3-7-24-11-12-8-14(23-2)4-5-17(12)25(28(24,26)27)18-15(20)9-13(19)10-16(18)21/h4-5,8-10,22H,3,6-7,11H2,1H3. The Morgan fingerprint density at radius 2 is 1.86 bits per heavy atom. The van der Waals surface area contributed by atoms with Gasteiger partial charge in [-0.1, -0.05) is 6.07 Å². The third-order valence-corrected chi connectivity index (χ3v) is 6.14. The molecule has 1 aliphatic heterocycles. The summed E-state index contributed by atoms with van der Waals surface area (Å²) >= 11 is 0. The Kier molecular flexibility index (Phi) is 5.60. The van der Waals surface area contributed by atoms with Gasteiger partial charge < -0.3 is 5.32 Å². The Morgan fingerprint density at radius 1 is 1.18 bits per heavy atom. The van der Waals surface area contributed by atoms with Gasteiger partial charge in [0.25, 0.3) is 0 Å². The first-order valence-corrected chi connectivity index (χ1v) is 9.79. The van der Waals surface area contributed by atoms with Gasteiger partial charge in [0.2, 0.25) is 0 Å². The number of rotatable bonds is 5. The van der Waals surface area contributed by atoms with Crippen LogP contribution in [-0.2, 0) is 16.8 Å². The average Bonchev–Trinajstić information content (AvgIpc) is 2.63. The number of hydrogen-bond donors (Lipinski definition) is 1. The number of benzene rings is 2. The summed E-state index contributed by atoms with van der Waals surface area (Å²) in [5.74, 6) is -3.82. The topological polar surface area (TPSA) is 57.0 Å². The van der Waals surface area contributed by atoms with Crippen molar-refractivity contribution in [1.29, 1.82) is 0 Å². The van der Waals surface area contributed by atoms with E-state index >= 15 is 0 Å². The Labute approximate surface area is 161 Å². The molecule has 10 heteroatoms. The van der Waals surface area contributed by atoms with Gasteiger partial charge in [0, 0.05) is 25.2 Å². The molecule has 1 aliphatic rings. The second kappa shape index (κ2) is 7.79. The van der Waals surface area contributed by atoms with Gasteiger partial charge in [-0.05, 0) is 37.7 Å². The first-order chi connectivity index (χ1) is 13.3. The molecule has 0 amide bonds. The Morgan fingerprint density at radius 3 is 2.46 bits per heavy atom. The third kappa shape index (κ3) is 3.56. The summed E-state index contributed by atoms with van der Waals surface area (Å²) in [5.41, 5.74) is -0.151. The largest absolute Gasteiger partial charge is 0.320 e. The molecule has 0 aromatic heterocycles. The molecule has 0 fully saturated rings. The fourth-order valence-corrected chi connectivity index (χ4v) is 4.79. The van der Waals surface area contributed by atoms with Gasteiger partial charge in [-0.15, -0.1) is 0 Å². The van der Waals surface area contributed by atoms with Crippen molar-refractivity contribution in [1.82, 2.24) is 9.62 Å². The summed E-state index contributed by atoms with van der Waals surface area (Å²) in [6.07, 6.45) is 0.468. The van der Waals surface area contributed by atoms with Crippen LogP contribution in [0.3, 0.4) is 0 Å². The molecule has 148 valence electrons. The highest BCUT2D eigenvalue weighted by molar-refractivity contribution is 7.90. The second-order valence-corrected chi connectivity index (χ2v) is 7.98. The quantitative estimate of drug-likeness (QED) is 0.607. The van der Waals surface area contributed by atoms with Crippen LogP contribution in [0.4, 0.5) is 30.2 Å². The molecule has 0 bridgehead atoms. The fraction of sp³-hybridized carbons (Fsp3) is 0.278. The molecule has 3 rings (SSSR count). The lowest BCUT2D eigenvalue weighted by Gasteiger charge is -2.37. The summed E-state index contributed by atoms with van der Waals surface area (Å²) in [6.45, 7) is 7.75. The van der Waals surface area contributed by atoms with E-state index in [1.54, 1.807) is 7.05 Å². The third-order valence-electron chi connectivity index (χ3n) is 4.33. The zero-order valence-corrected chi connectivity index (χ0v) is 15.7. The van der Waals surface area contributed by atoms with Gasteiger partial charge in [0.15, 0.2) is 17.3 Å². The molecule has 0 atom stereocenters. The van der Waals surface area contributed by atoms with Gasteiger partial charge >= 0.3 is 10.2 Å². The van der Waals surface area contributed by atoms with Gasteiger partial charge in [0.05, 0.1) is 12.3 Å². The van der Waals surface area contributed by atoms with Gasteiger partial charge in [0.1, 0.15) is 11.5 Å². The highest BCUT2D eigenvalue weighted by Crippen LogP contribution is 2.42. The second-order valence-electron chi connectivity index (χ2n) is 6.21. The van der Waals surface area contributed by atoms with Crippen molar-refractivity contribution in [2.24, 2.45) is 0 Å². The Balaban J connectivity index is 2.20. The van der Waals surface area contributed by atoms with Crippen molar-refractivity contribution < 1.29 is 21.6 Å². The van der Waals surface area contributed by atoms with Crippen LogP contribution in [0.5, 0.6) is 0 Å². The monoisotopic (exact) mass is 410 g/mol. The zero-order valence-electron chi connectivity index (χ0n) is 14.9. The lowest BCUT2D eigenvalue weighted by atomic mass is 10.1. The van der Waals surface area contributed by atoms with Crippen molar-refractivity contribution in [3.05, 3.63) is 64.8 Å². The van der Waals surface area contributed by atoms with Crippen LogP contribution in [0.15, 0.2) is 30.3 Å². The van der Waals surface area contributed by atoms with Crippen LogP contribution >= 0.6 is 0 Å². The molecule has 1 heterocycles. The van der Waals surface area contributed by atoms with Crippen molar-refractivity contribution in [3.63, 3.8) is 0 Å². The highest BCUT2D eigenvalue weighted by atomic mass is 32.2. The fourth-order valence-electron chi connectivity index (χ4n) is 3.07. The lowest BCUT2D eigenvalue weighted by Crippen LogP contribution is -2.46. The van der Waals surface area contributed by atoms with E-state index in [4.69, 9.17) is 6.57 Å². The van der Waals surface area contributed by atoms with Crippen molar-refractivity contribution in [2.45, 2.75) is 13.0 Å². The maximum atomic E-state index is 14.4. The minimum atomic E-state index is -4.33. The minimum Gasteiger partial charge on any atom is -0.320 e. The van der Waals surface area contributed by atoms with E-state index < -0.39 is 33.3 Å². The van der Waals surface area contributed by atoms with E-state index in [9.17, 15) is 21.6 Å². The maximum absolute atomic E-state index is 14.4. The molecule has 1 N–H and O–H groups in total. The normalized spacial score (nSPS) is 15.9. The SMILES string of the molecule is [C-]#[N+]c1ccc2c(c1)CN(CCCNC)S(=O)(=O)N2c1c(F)cc(F)cc1F. The van der Waals surface area contributed by atoms with E-state index in [2.05, 4.69) is 10.2 Å². The van der Waals surface area contributed by atoms with Crippen LogP contribution in [0.1, 0.15) is 12.0 Å². The molecular formula is C18H17F3N4O2S. The summed E-state index contributed by atoms with van der Waals surface area (Å²) in [5, 5.41) is 2.90. The highest BCUT2D eigenvalue weighted by Gasteiger charge is 2.40. The summed E-state index contributed by atoms with van der Waals surface area (Å²) < 4.78 is 70.2. The number of fused-ring (bicyclic) bond motifs is 1. The molecule has 0 saturated carbocycles. The van der Waals surface area contributed by atoms with Crippen molar-refractivity contribution in [3.8, 4) is 0 Å². The first kappa shape index (κ1) is 20.1. The summed E-state index contributed by atoms with van der Waals surface area (Å²) in [4.78, 5) is 3.32. The van der Waals surface area contributed by atoms with Gasteiger partial charge in [-0.25, -0.2) is 22.3 Å². The summed E-state index contributed by atoms with van der Waals surface area (Å²) in [6, 6.07) is 5.04. The molecular weight excluding hydrogens is 393 g/mol. The number of hydrogen-bond acceptors (Lipinski definition) is 3. The number of nitrogens with zero attached hydrogens (tertiary/aromatic N) is 3. The minimum absolute atomic E-state index is 0.0293. The molecule has 6 nitrogen and oxygen atoms in total. The molecule has 0 unspecified atom stereocenters. The van der Waals surface area contributed by atoms with Crippen molar-refractivity contribution >= 4 is 27.3 Å². The Hall–Kier alpha value is -2.61. The molecule has 0 saturated heterocycles. The van der Waals surface area contributed by atoms with Crippen LogP contribution in [-0.4, -0.2) is 32.9 Å². The van der Waals surface area contributed by atoms with Crippen molar-refractivity contribution in [2.75, 3.05) is 24.4 Å². The molecule has 0 radical (unpaired) electrons. The van der Waals surface area contributed by atoms with E-state index in [1.807, 2.05) is 0 Å². The predicted molar refractivity (Wildman–Crippen MR) is 99.0 cm³/mol. The number of halogens is 3. The molecule has 0 spiro atoms. The number of nitrogens with one attached hydrogen (secondary N) is 1. The first-order valence-electron chi connectivity index (χ1n) is 8.39. The van der Waals surface area contributed by atoms with E-state index in [0.717, 1.165) is 4.31 Å². The Bertz CT molecular complexity index is 1030. The number of anilines is 2. The molecule has 2 aromatic carbocycles. The molecule has 0 aliphatic carbocycles.